The number of aromatic nitrogens is 3. The average Bonchev–Trinajstić information content (AvgIpc) is 3.12. The second kappa shape index (κ2) is 6.96. The van der Waals surface area contributed by atoms with Gasteiger partial charge in [-0.25, -0.2) is 9.97 Å². The molecule has 1 N–H and O–H groups in total. The van der Waals surface area contributed by atoms with Gasteiger partial charge in [-0.3, -0.25) is 0 Å². The average molecular weight is 352 g/mol. The smallest absolute Gasteiger partial charge is 0.143 e. The lowest BCUT2D eigenvalue weighted by molar-refractivity contribution is 0.122. The monoisotopic (exact) mass is 352 g/mol. The van der Waals surface area contributed by atoms with Crippen molar-refractivity contribution in [3.63, 3.8) is 0 Å². The first-order valence-corrected chi connectivity index (χ1v) is 9.03. The molecule has 1 aromatic carbocycles. The Labute approximate surface area is 153 Å². The summed E-state index contributed by atoms with van der Waals surface area (Å²) < 4.78 is 10.8. The van der Waals surface area contributed by atoms with Crippen molar-refractivity contribution in [3.8, 4) is 17.0 Å². The number of hydrogen-bond acceptors (Lipinski definition) is 5. The molecule has 0 amide bonds. The van der Waals surface area contributed by atoms with Gasteiger partial charge in [0, 0.05) is 24.7 Å². The molecule has 0 unspecified atom stereocenters. The highest BCUT2D eigenvalue weighted by atomic mass is 16.5. The summed E-state index contributed by atoms with van der Waals surface area (Å²) in [5.74, 6) is 2.98. The van der Waals surface area contributed by atoms with Crippen LogP contribution < -0.4 is 9.64 Å². The Kier molecular flexibility index (Phi) is 4.51. The lowest BCUT2D eigenvalue weighted by Gasteiger charge is -2.28. The predicted molar refractivity (Wildman–Crippen MR) is 103 cm³/mol. The number of rotatable bonds is 4. The zero-order chi connectivity index (χ0) is 18.1. The highest BCUT2D eigenvalue weighted by Crippen LogP contribution is 2.31. The number of ether oxygens (including phenoxy) is 2. The summed E-state index contributed by atoms with van der Waals surface area (Å²) in [7, 11) is 1.68. The van der Waals surface area contributed by atoms with Crippen molar-refractivity contribution in [1.82, 2.24) is 15.0 Å². The predicted octanol–water partition coefficient (Wildman–Crippen LogP) is 3.59. The lowest BCUT2D eigenvalue weighted by atomic mass is 10.1. The topological polar surface area (TPSA) is 63.3 Å². The summed E-state index contributed by atoms with van der Waals surface area (Å²) in [6.07, 6.45) is 0. The van der Waals surface area contributed by atoms with Gasteiger partial charge < -0.3 is 19.4 Å². The molecule has 0 spiro atoms. The van der Waals surface area contributed by atoms with Gasteiger partial charge in [0.15, 0.2) is 0 Å². The maximum atomic E-state index is 5.50. The third-order valence-corrected chi connectivity index (χ3v) is 4.71. The summed E-state index contributed by atoms with van der Waals surface area (Å²) >= 11 is 0. The fraction of sp³-hybridized carbons (Fsp3) is 0.400. The van der Waals surface area contributed by atoms with E-state index in [4.69, 9.17) is 19.4 Å². The molecule has 136 valence electrons. The third-order valence-electron chi connectivity index (χ3n) is 4.71. The summed E-state index contributed by atoms with van der Waals surface area (Å²) in [6, 6.07) is 10.2. The quantitative estimate of drug-likeness (QED) is 0.777. The number of nitrogens with zero attached hydrogens (tertiary/aromatic N) is 3. The molecule has 6 heteroatoms. The fourth-order valence-electron chi connectivity index (χ4n) is 3.21. The lowest BCUT2D eigenvalue weighted by Crippen LogP contribution is -2.37. The van der Waals surface area contributed by atoms with Crippen molar-refractivity contribution in [2.24, 2.45) is 0 Å². The van der Waals surface area contributed by atoms with Gasteiger partial charge in [0.1, 0.15) is 23.0 Å². The Bertz CT molecular complexity index is 896. The van der Waals surface area contributed by atoms with E-state index in [-0.39, 0.29) is 5.92 Å². The molecule has 4 rings (SSSR count). The van der Waals surface area contributed by atoms with Gasteiger partial charge in [-0.2, -0.15) is 0 Å². The van der Waals surface area contributed by atoms with E-state index in [2.05, 4.69) is 41.9 Å². The highest BCUT2D eigenvalue weighted by molar-refractivity contribution is 5.92. The molecular formula is C20H24N4O2. The molecule has 1 fully saturated rings. The van der Waals surface area contributed by atoms with Crippen LogP contribution in [0.2, 0.25) is 0 Å². The molecule has 6 nitrogen and oxygen atoms in total. The minimum absolute atomic E-state index is 0.270. The molecule has 26 heavy (non-hydrogen) atoms. The fourth-order valence-corrected chi connectivity index (χ4v) is 3.21. The first-order chi connectivity index (χ1) is 12.7. The first kappa shape index (κ1) is 16.8. The number of anilines is 1. The maximum Gasteiger partial charge on any atom is 0.143 e. The Hall–Kier alpha value is -2.60. The number of hydrogen-bond donors (Lipinski definition) is 1. The third kappa shape index (κ3) is 3.12. The Morgan fingerprint density at radius 2 is 1.85 bits per heavy atom. The van der Waals surface area contributed by atoms with E-state index >= 15 is 0 Å². The van der Waals surface area contributed by atoms with Crippen LogP contribution in [0, 0.1) is 0 Å². The van der Waals surface area contributed by atoms with Crippen molar-refractivity contribution in [1.29, 1.82) is 0 Å². The molecular weight excluding hydrogens is 328 g/mol. The number of benzene rings is 1. The molecule has 0 bridgehead atoms. The Morgan fingerprint density at radius 3 is 2.50 bits per heavy atom. The summed E-state index contributed by atoms with van der Waals surface area (Å²) in [6.45, 7) is 7.42. The van der Waals surface area contributed by atoms with Crippen LogP contribution in [0.1, 0.15) is 25.6 Å². The Balaban J connectivity index is 1.82. The molecule has 3 heterocycles. The summed E-state index contributed by atoms with van der Waals surface area (Å²) in [4.78, 5) is 15.4. The number of nitrogens with one attached hydrogen (secondary N) is 1. The summed E-state index contributed by atoms with van der Waals surface area (Å²) in [5.41, 5.74) is 3.02. The van der Waals surface area contributed by atoms with Crippen LogP contribution in [-0.4, -0.2) is 48.4 Å². The van der Waals surface area contributed by atoms with Crippen LogP contribution in [0.5, 0.6) is 5.75 Å². The summed E-state index contributed by atoms with van der Waals surface area (Å²) in [5, 5.41) is 1.06. The van der Waals surface area contributed by atoms with E-state index < -0.39 is 0 Å². The van der Waals surface area contributed by atoms with E-state index in [1.807, 2.05) is 12.1 Å². The first-order valence-electron chi connectivity index (χ1n) is 9.03. The number of morpholine rings is 1. The van der Waals surface area contributed by atoms with Crippen LogP contribution in [0.4, 0.5) is 5.82 Å². The van der Waals surface area contributed by atoms with Crippen molar-refractivity contribution in [2.45, 2.75) is 19.8 Å². The maximum absolute atomic E-state index is 5.50. The standard InChI is InChI=1S/C20H24N4O2/c1-13(2)18-22-19-16(20(23-18)24-8-10-26-11-9-24)12-17(21-19)14-4-6-15(25-3)7-5-14/h4-7,12-13H,8-11H2,1-3H3,(H,21,22,23). The molecule has 0 saturated carbocycles. The van der Waals surface area contributed by atoms with E-state index in [9.17, 15) is 0 Å². The second-order valence-corrected chi connectivity index (χ2v) is 6.83. The van der Waals surface area contributed by atoms with Gasteiger partial charge in [-0.15, -0.1) is 0 Å². The SMILES string of the molecule is COc1ccc(-c2cc3c(N4CCOCC4)nc(C(C)C)nc3[nH]2)cc1. The molecule has 1 aliphatic rings. The van der Waals surface area contributed by atoms with Crippen LogP contribution in [0.25, 0.3) is 22.3 Å². The molecule has 1 saturated heterocycles. The molecule has 0 aliphatic carbocycles. The minimum Gasteiger partial charge on any atom is -0.497 e. The zero-order valence-electron chi connectivity index (χ0n) is 15.5. The second-order valence-electron chi connectivity index (χ2n) is 6.83. The zero-order valence-corrected chi connectivity index (χ0v) is 15.5. The van der Waals surface area contributed by atoms with E-state index in [0.29, 0.717) is 0 Å². The van der Waals surface area contributed by atoms with Gasteiger partial charge >= 0.3 is 0 Å². The number of aromatic amines is 1. The van der Waals surface area contributed by atoms with Crippen molar-refractivity contribution in [2.75, 3.05) is 38.3 Å². The van der Waals surface area contributed by atoms with Gasteiger partial charge in [0.25, 0.3) is 0 Å². The highest BCUT2D eigenvalue weighted by Gasteiger charge is 2.20. The van der Waals surface area contributed by atoms with Gasteiger partial charge in [-0.1, -0.05) is 13.8 Å². The molecule has 1 aliphatic heterocycles. The number of fused-ring (bicyclic) bond motifs is 1. The van der Waals surface area contributed by atoms with Crippen LogP contribution in [0.15, 0.2) is 30.3 Å². The van der Waals surface area contributed by atoms with E-state index in [1.54, 1.807) is 7.11 Å². The molecule has 3 aromatic rings. The van der Waals surface area contributed by atoms with Crippen molar-refractivity contribution in [3.05, 3.63) is 36.2 Å². The van der Waals surface area contributed by atoms with Gasteiger partial charge in [-0.05, 0) is 35.9 Å². The minimum atomic E-state index is 0.270. The number of methoxy groups -OCH3 is 1. The molecule has 0 radical (unpaired) electrons. The van der Waals surface area contributed by atoms with Gasteiger partial charge in [0.05, 0.1) is 25.7 Å². The van der Waals surface area contributed by atoms with Crippen molar-refractivity contribution < 1.29 is 9.47 Å². The molecule has 0 atom stereocenters. The van der Waals surface area contributed by atoms with Gasteiger partial charge in [0.2, 0.25) is 0 Å². The van der Waals surface area contributed by atoms with E-state index in [1.165, 1.54) is 0 Å². The Morgan fingerprint density at radius 1 is 1.12 bits per heavy atom. The normalized spacial score (nSPS) is 15.0. The van der Waals surface area contributed by atoms with E-state index in [0.717, 1.165) is 66.0 Å². The van der Waals surface area contributed by atoms with Crippen LogP contribution in [-0.2, 0) is 4.74 Å². The largest absolute Gasteiger partial charge is 0.497 e. The molecule has 2 aromatic heterocycles. The van der Waals surface area contributed by atoms with Crippen LogP contribution in [0.3, 0.4) is 0 Å². The van der Waals surface area contributed by atoms with Crippen molar-refractivity contribution >= 4 is 16.9 Å². The van der Waals surface area contributed by atoms with Crippen LogP contribution >= 0.6 is 0 Å². The number of H-pyrrole nitrogens is 1.